The summed E-state index contributed by atoms with van der Waals surface area (Å²) < 4.78 is 15.0. The molecule has 2 aromatic carbocycles. The second-order valence-corrected chi connectivity index (χ2v) is 6.48. The normalized spacial score (nSPS) is 14.2. The van der Waals surface area contributed by atoms with Crippen LogP contribution in [0.25, 0.3) is 0 Å². The predicted octanol–water partition coefficient (Wildman–Crippen LogP) is 5.08. The van der Waals surface area contributed by atoms with Gasteiger partial charge in [0.15, 0.2) is 0 Å². The molecule has 0 heterocycles. The monoisotopic (exact) mass is 355 g/mol. The van der Waals surface area contributed by atoms with Crippen LogP contribution in [0.5, 0.6) is 0 Å². The topological polar surface area (TPSA) is 26.0 Å². The Hall–Kier alpha value is -0.900. The summed E-state index contributed by atoms with van der Waals surface area (Å²) in [6.45, 7) is 5.76. The predicted molar refractivity (Wildman–Crippen MR) is 85.7 cm³/mol. The van der Waals surface area contributed by atoms with Crippen LogP contribution in [0.4, 0.5) is 4.39 Å². The van der Waals surface area contributed by atoms with E-state index in [2.05, 4.69) is 15.9 Å². The second-order valence-electron chi connectivity index (χ2n) is 5.24. The van der Waals surface area contributed by atoms with Crippen molar-refractivity contribution in [2.45, 2.75) is 26.3 Å². The Balaban J connectivity index is 2.66. The minimum absolute atomic E-state index is 0.0597. The molecule has 2 aromatic rings. The van der Waals surface area contributed by atoms with E-state index in [1.54, 1.807) is 19.1 Å². The number of benzene rings is 2. The lowest BCUT2D eigenvalue weighted by Gasteiger charge is -2.29. The molecule has 1 atom stereocenters. The van der Waals surface area contributed by atoms with Crippen molar-refractivity contribution in [3.63, 3.8) is 0 Å². The minimum atomic E-state index is -0.940. The molecule has 2 N–H and O–H groups in total. The highest BCUT2D eigenvalue weighted by Crippen LogP contribution is 2.36. The first kappa shape index (κ1) is 15.5. The van der Waals surface area contributed by atoms with Gasteiger partial charge in [0.25, 0.3) is 0 Å². The summed E-state index contributed by atoms with van der Waals surface area (Å²) in [7, 11) is 0. The molecular formula is C16H16BrClFN. The Bertz CT molecular complexity index is 668. The van der Waals surface area contributed by atoms with Gasteiger partial charge in [-0.05, 0) is 53.9 Å². The molecule has 20 heavy (non-hydrogen) atoms. The first-order valence-corrected chi connectivity index (χ1v) is 7.43. The quantitative estimate of drug-likeness (QED) is 0.746. The van der Waals surface area contributed by atoms with Gasteiger partial charge in [0, 0.05) is 10.0 Å². The zero-order valence-electron chi connectivity index (χ0n) is 11.6. The standard InChI is InChI=1S/C16H16BrClFN/c1-9-4-5-10(2)12(8-9)16(3,20)11-6-7-13(17)14(18)15(11)19/h4-8H,20H2,1-3H3. The number of aryl methyl sites for hydroxylation is 2. The second kappa shape index (κ2) is 5.47. The van der Waals surface area contributed by atoms with E-state index in [1.807, 2.05) is 32.0 Å². The van der Waals surface area contributed by atoms with Crippen molar-refractivity contribution < 1.29 is 4.39 Å². The molecule has 1 unspecified atom stereocenters. The maximum atomic E-state index is 14.4. The van der Waals surface area contributed by atoms with Crippen molar-refractivity contribution >= 4 is 27.5 Å². The van der Waals surface area contributed by atoms with E-state index < -0.39 is 11.4 Å². The average molecular weight is 357 g/mol. The largest absolute Gasteiger partial charge is 0.318 e. The summed E-state index contributed by atoms with van der Waals surface area (Å²) in [4.78, 5) is 0. The molecule has 0 aliphatic heterocycles. The van der Waals surface area contributed by atoms with E-state index in [4.69, 9.17) is 17.3 Å². The maximum absolute atomic E-state index is 14.4. The van der Waals surface area contributed by atoms with Crippen molar-refractivity contribution in [1.82, 2.24) is 0 Å². The van der Waals surface area contributed by atoms with Crippen LogP contribution in [0.3, 0.4) is 0 Å². The zero-order chi connectivity index (χ0) is 15.1. The van der Waals surface area contributed by atoms with Gasteiger partial charge in [0.1, 0.15) is 5.82 Å². The minimum Gasteiger partial charge on any atom is -0.318 e. The number of hydrogen-bond acceptors (Lipinski definition) is 1. The molecule has 0 aliphatic rings. The van der Waals surface area contributed by atoms with E-state index in [-0.39, 0.29) is 5.02 Å². The van der Waals surface area contributed by atoms with E-state index >= 15 is 0 Å². The summed E-state index contributed by atoms with van der Waals surface area (Å²) in [5.41, 5.74) is 8.90. The molecule has 0 aliphatic carbocycles. The van der Waals surface area contributed by atoms with Gasteiger partial charge < -0.3 is 5.73 Å². The van der Waals surface area contributed by atoms with Crippen LogP contribution in [-0.4, -0.2) is 0 Å². The van der Waals surface area contributed by atoms with Crippen LogP contribution in [-0.2, 0) is 5.54 Å². The fourth-order valence-electron chi connectivity index (χ4n) is 2.37. The van der Waals surface area contributed by atoms with Gasteiger partial charge in [-0.15, -0.1) is 0 Å². The Morgan fingerprint density at radius 3 is 2.45 bits per heavy atom. The van der Waals surface area contributed by atoms with E-state index in [0.29, 0.717) is 10.0 Å². The van der Waals surface area contributed by atoms with Crippen LogP contribution in [0.2, 0.25) is 5.02 Å². The van der Waals surface area contributed by atoms with Gasteiger partial charge in [0.2, 0.25) is 0 Å². The van der Waals surface area contributed by atoms with Gasteiger partial charge in [-0.25, -0.2) is 4.39 Å². The molecular weight excluding hydrogens is 341 g/mol. The Kier molecular flexibility index (Phi) is 4.24. The van der Waals surface area contributed by atoms with Gasteiger partial charge in [0.05, 0.1) is 10.6 Å². The molecule has 1 nitrogen and oxygen atoms in total. The summed E-state index contributed by atoms with van der Waals surface area (Å²) in [6.07, 6.45) is 0. The highest BCUT2D eigenvalue weighted by Gasteiger charge is 2.30. The number of hydrogen-bond donors (Lipinski definition) is 1. The lowest BCUT2D eigenvalue weighted by Crippen LogP contribution is -2.36. The van der Waals surface area contributed by atoms with Crippen LogP contribution < -0.4 is 5.73 Å². The molecule has 4 heteroatoms. The van der Waals surface area contributed by atoms with Crippen LogP contribution in [0.15, 0.2) is 34.8 Å². The van der Waals surface area contributed by atoms with Crippen LogP contribution >= 0.6 is 27.5 Å². The molecule has 2 rings (SSSR count). The van der Waals surface area contributed by atoms with Crippen molar-refractivity contribution in [3.05, 3.63) is 67.9 Å². The SMILES string of the molecule is Cc1ccc(C)c(C(C)(N)c2ccc(Br)c(Cl)c2F)c1. The number of nitrogens with two attached hydrogens (primary N) is 1. The van der Waals surface area contributed by atoms with Gasteiger partial charge >= 0.3 is 0 Å². The Labute approximate surface area is 132 Å². The van der Waals surface area contributed by atoms with Crippen LogP contribution in [0, 0.1) is 19.7 Å². The van der Waals surface area contributed by atoms with Crippen molar-refractivity contribution in [1.29, 1.82) is 0 Å². The summed E-state index contributed by atoms with van der Waals surface area (Å²) in [6, 6.07) is 9.39. The first-order chi connectivity index (χ1) is 9.25. The smallest absolute Gasteiger partial charge is 0.148 e. The van der Waals surface area contributed by atoms with Crippen molar-refractivity contribution in [2.24, 2.45) is 5.73 Å². The van der Waals surface area contributed by atoms with E-state index in [9.17, 15) is 4.39 Å². The Morgan fingerprint density at radius 1 is 1.15 bits per heavy atom. The van der Waals surface area contributed by atoms with Crippen molar-refractivity contribution in [2.75, 3.05) is 0 Å². The average Bonchev–Trinajstić information content (AvgIpc) is 2.38. The fourth-order valence-corrected chi connectivity index (χ4v) is 2.84. The number of rotatable bonds is 2. The third kappa shape index (κ3) is 2.62. The molecule has 106 valence electrons. The lowest BCUT2D eigenvalue weighted by atomic mass is 9.82. The molecule has 0 spiro atoms. The van der Waals surface area contributed by atoms with Gasteiger partial charge in [-0.2, -0.15) is 0 Å². The summed E-state index contributed by atoms with van der Waals surface area (Å²) in [5, 5.41) is 0.0597. The number of halogens is 3. The highest BCUT2D eigenvalue weighted by molar-refractivity contribution is 9.10. The zero-order valence-corrected chi connectivity index (χ0v) is 13.9. The van der Waals surface area contributed by atoms with Crippen LogP contribution in [0.1, 0.15) is 29.2 Å². The molecule has 0 fully saturated rings. The Morgan fingerprint density at radius 2 is 1.80 bits per heavy atom. The van der Waals surface area contributed by atoms with Gasteiger partial charge in [-0.1, -0.05) is 41.4 Å². The fraction of sp³-hybridized carbons (Fsp3) is 0.250. The molecule has 0 saturated heterocycles. The third-order valence-electron chi connectivity index (χ3n) is 3.55. The third-order valence-corrected chi connectivity index (χ3v) is 4.81. The van der Waals surface area contributed by atoms with E-state index in [1.165, 1.54) is 0 Å². The van der Waals surface area contributed by atoms with E-state index in [0.717, 1.165) is 16.7 Å². The molecule has 0 amide bonds. The lowest BCUT2D eigenvalue weighted by molar-refractivity contribution is 0.528. The maximum Gasteiger partial charge on any atom is 0.148 e. The molecule has 0 saturated carbocycles. The first-order valence-electron chi connectivity index (χ1n) is 6.25. The highest BCUT2D eigenvalue weighted by atomic mass is 79.9. The summed E-state index contributed by atoms with van der Waals surface area (Å²) in [5.74, 6) is -0.480. The van der Waals surface area contributed by atoms with Crippen molar-refractivity contribution in [3.8, 4) is 0 Å². The molecule has 0 aromatic heterocycles. The molecule has 0 radical (unpaired) electrons. The van der Waals surface area contributed by atoms with Gasteiger partial charge in [-0.3, -0.25) is 0 Å². The summed E-state index contributed by atoms with van der Waals surface area (Å²) >= 11 is 9.19. The molecule has 0 bridgehead atoms.